The minimum Gasteiger partial charge on any atom is -0.357 e. The van der Waals surface area contributed by atoms with Crippen molar-refractivity contribution in [2.45, 2.75) is 38.5 Å². The van der Waals surface area contributed by atoms with E-state index in [0.29, 0.717) is 17.2 Å². The summed E-state index contributed by atoms with van der Waals surface area (Å²) in [5, 5.41) is 4.01. The van der Waals surface area contributed by atoms with Gasteiger partial charge in [-0.15, -0.1) is 0 Å². The second kappa shape index (κ2) is 8.46. The second-order valence-electron chi connectivity index (χ2n) is 6.03. The van der Waals surface area contributed by atoms with Crippen LogP contribution in [-0.2, 0) is 0 Å². The lowest BCUT2D eigenvalue weighted by Gasteiger charge is -2.39. The van der Waals surface area contributed by atoms with Crippen molar-refractivity contribution in [3.63, 3.8) is 0 Å². The largest absolute Gasteiger partial charge is 0.357 e. The maximum Gasteiger partial charge on any atom is 0.194 e. The molecule has 3 atom stereocenters. The zero-order valence-electron chi connectivity index (χ0n) is 14.2. The summed E-state index contributed by atoms with van der Waals surface area (Å²) in [6.45, 7) is 10.5. The van der Waals surface area contributed by atoms with Gasteiger partial charge in [-0.2, -0.15) is 11.8 Å². The van der Waals surface area contributed by atoms with Crippen molar-refractivity contribution in [2.24, 2.45) is 10.9 Å². The summed E-state index contributed by atoms with van der Waals surface area (Å²) in [6.07, 6.45) is 9.20. The van der Waals surface area contributed by atoms with Crippen molar-refractivity contribution in [3.8, 4) is 0 Å². The highest BCUT2D eigenvalue weighted by atomic mass is 32.2. The molecule has 22 heavy (non-hydrogen) atoms. The highest BCUT2D eigenvalue weighted by Gasteiger charge is 2.28. The van der Waals surface area contributed by atoms with Crippen LogP contribution in [0.25, 0.3) is 0 Å². The molecule has 1 aliphatic rings. The molecule has 0 aromatic carbocycles. The third kappa shape index (κ3) is 4.41. The number of imidazole rings is 1. The average molecular weight is 324 g/mol. The van der Waals surface area contributed by atoms with E-state index in [1.54, 1.807) is 0 Å². The van der Waals surface area contributed by atoms with E-state index in [1.165, 1.54) is 6.42 Å². The molecule has 1 aromatic heterocycles. The molecule has 0 bridgehead atoms. The number of piperidine rings is 1. The van der Waals surface area contributed by atoms with Gasteiger partial charge in [-0.25, -0.2) is 4.98 Å². The van der Waals surface area contributed by atoms with Gasteiger partial charge in [0, 0.05) is 37.3 Å². The van der Waals surface area contributed by atoms with E-state index in [1.807, 2.05) is 24.3 Å². The molecule has 0 radical (unpaired) electrons. The molecule has 2 rings (SSSR count). The van der Waals surface area contributed by atoms with Crippen LogP contribution in [-0.4, -0.2) is 58.1 Å². The number of likely N-dealkylation sites (tertiary alicyclic amines) is 1. The van der Waals surface area contributed by atoms with Crippen molar-refractivity contribution < 1.29 is 0 Å². The fourth-order valence-electron chi connectivity index (χ4n) is 2.81. The predicted octanol–water partition coefficient (Wildman–Crippen LogP) is 2.48. The summed E-state index contributed by atoms with van der Waals surface area (Å²) in [6, 6.07) is 0.470. The molecule has 2 heterocycles. The Balaban J connectivity index is 2.07. The van der Waals surface area contributed by atoms with Crippen LogP contribution in [0.3, 0.4) is 0 Å². The molecule has 1 aromatic rings. The molecule has 0 amide bonds. The Morgan fingerprint density at radius 1 is 1.55 bits per heavy atom. The van der Waals surface area contributed by atoms with E-state index in [0.717, 1.165) is 32.1 Å². The number of hydrogen-bond acceptors (Lipinski definition) is 3. The van der Waals surface area contributed by atoms with E-state index in [9.17, 15) is 0 Å². The quantitative estimate of drug-likeness (QED) is 0.668. The zero-order chi connectivity index (χ0) is 15.9. The van der Waals surface area contributed by atoms with Gasteiger partial charge >= 0.3 is 0 Å². The molecule has 1 fully saturated rings. The number of nitrogens with one attached hydrogen (secondary N) is 1. The molecule has 1 N–H and O–H groups in total. The Kier molecular flexibility index (Phi) is 6.61. The van der Waals surface area contributed by atoms with Gasteiger partial charge in [-0.05, 0) is 25.5 Å². The molecule has 5 nitrogen and oxygen atoms in total. The van der Waals surface area contributed by atoms with Crippen LogP contribution in [0.15, 0.2) is 23.7 Å². The molecule has 0 aliphatic carbocycles. The molecular weight excluding hydrogens is 294 g/mol. The minimum atomic E-state index is 0.470. The summed E-state index contributed by atoms with van der Waals surface area (Å²) < 4.78 is 2.24. The number of aliphatic imine (C=N–C) groups is 1. The molecule has 6 heteroatoms. The van der Waals surface area contributed by atoms with Gasteiger partial charge in [-0.3, -0.25) is 4.99 Å². The predicted molar refractivity (Wildman–Crippen MR) is 95.6 cm³/mol. The van der Waals surface area contributed by atoms with E-state index in [-0.39, 0.29) is 0 Å². The fraction of sp³-hybridized carbons (Fsp3) is 0.750. The molecule has 0 spiro atoms. The topological polar surface area (TPSA) is 45.5 Å². The Morgan fingerprint density at radius 3 is 3.00 bits per heavy atom. The van der Waals surface area contributed by atoms with E-state index < -0.39 is 0 Å². The lowest BCUT2D eigenvalue weighted by Crippen LogP contribution is -2.49. The van der Waals surface area contributed by atoms with Crippen molar-refractivity contribution in [3.05, 3.63) is 18.7 Å². The highest BCUT2D eigenvalue weighted by Crippen LogP contribution is 2.27. The average Bonchev–Trinajstić information content (AvgIpc) is 3.06. The molecule has 3 unspecified atom stereocenters. The first kappa shape index (κ1) is 17.2. The molecule has 124 valence electrons. The van der Waals surface area contributed by atoms with Gasteiger partial charge in [0.05, 0.1) is 18.9 Å². The minimum absolute atomic E-state index is 0.470. The summed E-state index contributed by atoms with van der Waals surface area (Å²) in [5.41, 5.74) is 0. The number of rotatable bonds is 5. The standard InChI is InChI=1S/C16H29N5S/c1-5-18-16(19-10-14(3)22-4)20-8-6-13(2)15(11-20)21-9-7-17-12-21/h7,9,12-15H,5-6,8,10-11H2,1-4H3,(H,18,19). The van der Waals surface area contributed by atoms with Gasteiger partial charge < -0.3 is 14.8 Å². The number of guanidine groups is 1. The first-order valence-corrected chi connectivity index (χ1v) is 9.48. The number of hydrogen-bond donors (Lipinski definition) is 1. The summed E-state index contributed by atoms with van der Waals surface area (Å²) in [4.78, 5) is 11.4. The van der Waals surface area contributed by atoms with E-state index in [4.69, 9.17) is 4.99 Å². The Labute approximate surface area is 138 Å². The van der Waals surface area contributed by atoms with Gasteiger partial charge in [0.1, 0.15) is 0 Å². The number of aromatic nitrogens is 2. The van der Waals surface area contributed by atoms with E-state index in [2.05, 4.69) is 53.0 Å². The van der Waals surface area contributed by atoms with Crippen LogP contribution in [0.5, 0.6) is 0 Å². The first-order valence-electron chi connectivity index (χ1n) is 8.19. The first-order chi connectivity index (χ1) is 10.7. The third-order valence-corrected chi connectivity index (χ3v) is 5.32. The Hall–Kier alpha value is -1.17. The van der Waals surface area contributed by atoms with Gasteiger partial charge in [-0.1, -0.05) is 13.8 Å². The Bertz CT molecular complexity index is 459. The van der Waals surface area contributed by atoms with Gasteiger partial charge in [0.15, 0.2) is 5.96 Å². The fourth-order valence-corrected chi connectivity index (χ4v) is 3.03. The van der Waals surface area contributed by atoms with Crippen molar-refractivity contribution in [1.29, 1.82) is 0 Å². The van der Waals surface area contributed by atoms with Gasteiger partial charge in [0.2, 0.25) is 0 Å². The van der Waals surface area contributed by atoms with Crippen molar-refractivity contribution >= 4 is 17.7 Å². The van der Waals surface area contributed by atoms with Crippen LogP contribution in [0, 0.1) is 5.92 Å². The molecular formula is C16H29N5S. The monoisotopic (exact) mass is 323 g/mol. The van der Waals surface area contributed by atoms with Crippen molar-refractivity contribution in [2.75, 3.05) is 32.4 Å². The third-order valence-electron chi connectivity index (χ3n) is 4.36. The van der Waals surface area contributed by atoms with Crippen LogP contribution < -0.4 is 5.32 Å². The van der Waals surface area contributed by atoms with Crippen molar-refractivity contribution in [1.82, 2.24) is 19.8 Å². The lowest BCUT2D eigenvalue weighted by molar-refractivity contribution is 0.189. The SMILES string of the molecule is CCNC(=NCC(C)SC)N1CCC(C)C(n2ccnc2)C1. The lowest BCUT2D eigenvalue weighted by atomic mass is 9.93. The normalized spacial score (nSPS) is 24.4. The smallest absolute Gasteiger partial charge is 0.194 e. The number of nitrogens with zero attached hydrogens (tertiary/aromatic N) is 4. The maximum absolute atomic E-state index is 4.83. The molecule has 0 saturated carbocycles. The van der Waals surface area contributed by atoms with Crippen LogP contribution in [0.1, 0.15) is 33.2 Å². The Morgan fingerprint density at radius 2 is 2.36 bits per heavy atom. The molecule has 1 aliphatic heterocycles. The maximum atomic E-state index is 4.83. The van der Waals surface area contributed by atoms with Gasteiger partial charge in [0.25, 0.3) is 0 Å². The van der Waals surface area contributed by atoms with E-state index >= 15 is 0 Å². The second-order valence-corrected chi connectivity index (χ2v) is 7.31. The number of thioether (sulfide) groups is 1. The molecule has 1 saturated heterocycles. The summed E-state index contributed by atoms with van der Waals surface area (Å²) in [5.74, 6) is 1.72. The van der Waals surface area contributed by atoms with Crippen LogP contribution in [0.2, 0.25) is 0 Å². The zero-order valence-corrected chi connectivity index (χ0v) is 15.0. The van der Waals surface area contributed by atoms with Crippen LogP contribution >= 0.6 is 11.8 Å². The highest BCUT2D eigenvalue weighted by molar-refractivity contribution is 7.99. The summed E-state index contributed by atoms with van der Waals surface area (Å²) >= 11 is 1.86. The summed E-state index contributed by atoms with van der Waals surface area (Å²) in [7, 11) is 0. The van der Waals surface area contributed by atoms with Crippen LogP contribution in [0.4, 0.5) is 0 Å².